The predicted octanol–water partition coefficient (Wildman–Crippen LogP) is 2.64. The molecule has 0 unspecified atom stereocenters. The van der Waals surface area contributed by atoms with Crippen LogP contribution in [-0.4, -0.2) is 9.97 Å². The molecule has 0 saturated heterocycles. The maximum atomic E-state index is 5.54. The molecule has 3 N–H and O–H groups in total. The van der Waals surface area contributed by atoms with E-state index < -0.39 is 0 Å². The van der Waals surface area contributed by atoms with Gasteiger partial charge >= 0.3 is 0 Å². The number of nitrogens with two attached hydrogens (primary N) is 1. The Labute approximate surface area is 104 Å². The van der Waals surface area contributed by atoms with Gasteiger partial charge in [0, 0.05) is 4.88 Å². The molecule has 2 aromatic heterocycles. The number of aryl methyl sites for hydroxylation is 2. The van der Waals surface area contributed by atoms with Crippen LogP contribution in [0.4, 0.5) is 5.82 Å². The van der Waals surface area contributed by atoms with Crippen LogP contribution >= 0.6 is 11.3 Å². The Morgan fingerprint density at radius 2 is 1.94 bits per heavy atom. The standard InChI is InChI=1S/C12H16N4S/c13-16-11-10-8-5-3-1-2-4-6-9(8)17-12(10)15-7-14-11/h7H,1-6,13H2,(H,14,15,16). The second kappa shape index (κ2) is 4.58. The number of thiophene rings is 1. The molecule has 0 atom stereocenters. The van der Waals surface area contributed by atoms with Gasteiger partial charge in [0.1, 0.15) is 11.2 Å². The SMILES string of the molecule is NNc1ncnc2sc3c(c12)CCCCCC3. The molecule has 0 bridgehead atoms. The molecule has 0 fully saturated rings. The first-order chi connectivity index (χ1) is 8.40. The summed E-state index contributed by atoms with van der Waals surface area (Å²) in [5.74, 6) is 6.31. The van der Waals surface area contributed by atoms with E-state index in [9.17, 15) is 0 Å². The molecule has 4 nitrogen and oxygen atoms in total. The first-order valence-electron chi connectivity index (χ1n) is 6.12. The van der Waals surface area contributed by atoms with E-state index in [1.54, 1.807) is 17.7 Å². The normalized spacial score (nSPS) is 16.3. The smallest absolute Gasteiger partial charge is 0.152 e. The molecule has 0 aromatic carbocycles. The van der Waals surface area contributed by atoms with E-state index in [-0.39, 0.29) is 0 Å². The predicted molar refractivity (Wildman–Crippen MR) is 71.1 cm³/mol. The fourth-order valence-corrected chi connectivity index (χ4v) is 3.78. The lowest BCUT2D eigenvalue weighted by atomic mass is 9.98. The number of hydrogen-bond acceptors (Lipinski definition) is 5. The van der Waals surface area contributed by atoms with E-state index in [4.69, 9.17) is 5.84 Å². The highest BCUT2D eigenvalue weighted by molar-refractivity contribution is 7.18. The Bertz CT molecular complexity index is 535. The molecular formula is C12H16N4S. The van der Waals surface area contributed by atoms with Crippen LogP contribution in [0.5, 0.6) is 0 Å². The lowest BCUT2D eigenvalue weighted by molar-refractivity contribution is 0.624. The summed E-state index contributed by atoms with van der Waals surface area (Å²) < 4.78 is 0. The molecule has 2 heterocycles. The fourth-order valence-electron chi connectivity index (χ4n) is 2.55. The third kappa shape index (κ3) is 1.89. The number of hydrazine groups is 1. The summed E-state index contributed by atoms with van der Waals surface area (Å²) in [5.41, 5.74) is 4.13. The minimum absolute atomic E-state index is 0.771. The molecule has 0 aliphatic heterocycles. The highest BCUT2D eigenvalue weighted by atomic mass is 32.1. The number of fused-ring (bicyclic) bond motifs is 3. The topological polar surface area (TPSA) is 63.8 Å². The van der Waals surface area contributed by atoms with Gasteiger partial charge in [-0.3, -0.25) is 0 Å². The van der Waals surface area contributed by atoms with Gasteiger partial charge in [0.25, 0.3) is 0 Å². The quantitative estimate of drug-likeness (QED) is 0.601. The third-order valence-electron chi connectivity index (χ3n) is 3.39. The monoisotopic (exact) mass is 248 g/mol. The van der Waals surface area contributed by atoms with Crippen LogP contribution in [0.3, 0.4) is 0 Å². The van der Waals surface area contributed by atoms with Crippen molar-refractivity contribution in [3.8, 4) is 0 Å². The van der Waals surface area contributed by atoms with E-state index in [1.807, 2.05) is 0 Å². The number of aromatic nitrogens is 2. The van der Waals surface area contributed by atoms with E-state index in [0.29, 0.717) is 0 Å². The van der Waals surface area contributed by atoms with Gasteiger partial charge in [0.2, 0.25) is 0 Å². The minimum atomic E-state index is 0.771. The minimum Gasteiger partial charge on any atom is -0.308 e. The zero-order chi connectivity index (χ0) is 11.7. The number of rotatable bonds is 1. The van der Waals surface area contributed by atoms with Crippen LogP contribution in [0, 0.1) is 0 Å². The Hall–Kier alpha value is -1.20. The van der Waals surface area contributed by atoms with Gasteiger partial charge in [0.05, 0.1) is 5.39 Å². The highest BCUT2D eigenvalue weighted by Gasteiger charge is 2.17. The summed E-state index contributed by atoms with van der Waals surface area (Å²) in [6.45, 7) is 0. The number of nitrogen functional groups attached to an aromatic ring is 1. The molecule has 17 heavy (non-hydrogen) atoms. The average molecular weight is 248 g/mol. The van der Waals surface area contributed by atoms with E-state index in [0.717, 1.165) is 22.5 Å². The molecule has 3 rings (SSSR count). The summed E-state index contributed by atoms with van der Waals surface area (Å²) in [5, 5.41) is 1.15. The van der Waals surface area contributed by atoms with Gasteiger partial charge in [-0.1, -0.05) is 12.8 Å². The van der Waals surface area contributed by atoms with Crippen LogP contribution in [0.2, 0.25) is 0 Å². The zero-order valence-corrected chi connectivity index (χ0v) is 10.5. The summed E-state index contributed by atoms with van der Waals surface area (Å²) in [6, 6.07) is 0. The second-order valence-corrected chi connectivity index (χ2v) is 5.55. The van der Waals surface area contributed by atoms with Gasteiger partial charge in [-0.15, -0.1) is 11.3 Å². The summed E-state index contributed by atoms with van der Waals surface area (Å²) in [6.07, 6.45) is 9.13. The van der Waals surface area contributed by atoms with E-state index in [1.165, 1.54) is 42.5 Å². The van der Waals surface area contributed by atoms with Crippen molar-refractivity contribution in [2.75, 3.05) is 5.43 Å². The highest BCUT2D eigenvalue weighted by Crippen LogP contribution is 2.36. The van der Waals surface area contributed by atoms with Crippen molar-refractivity contribution in [2.45, 2.75) is 38.5 Å². The second-order valence-electron chi connectivity index (χ2n) is 4.46. The third-order valence-corrected chi connectivity index (χ3v) is 4.59. The lowest BCUT2D eigenvalue weighted by Gasteiger charge is -2.10. The van der Waals surface area contributed by atoms with Crippen LogP contribution in [0.25, 0.3) is 10.2 Å². The molecule has 0 radical (unpaired) electrons. The zero-order valence-electron chi connectivity index (χ0n) is 9.70. The van der Waals surface area contributed by atoms with Crippen molar-refractivity contribution in [1.29, 1.82) is 0 Å². The van der Waals surface area contributed by atoms with Crippen molar-refractivity contribution >= 4 is 27.4 Å². The summed E-state index contributed by atoms with van der Waals surface area (Å²) in [7, 11) is 0. The van der Waals surface area contributed by atoms with Crippen LogP contribution in [0.15, 0.2) is 6.33 Å². The molecule has 2 aromatic rings. The van der Waals surface area contributed by atoms with Gasteiger partial charge in [-0.25, -0.2) is 15.8 Å². The van der Waals surface area contributed by atoms with Crippen LogP contribution < -0.4 is 11.3 Å². The first-order valence-corrected chi connectivity index (χ1v) is 6.93. The molecule has 90 valence electrons. The Kier molecular flexibility index (Phi) is 2.94. The molecule has 0 saturated carbocycles. The number of nitrogens with zero attached hydrogens (tertiary/aromatic N) is 2. The van der Waals surface area contributed by atoms with Gasteiger partial charge in [0.15, 0.2) is 5.82 Å². The molecular weight excluding hydrogens is 232 g/mol. The summed E-state index contributed by atoms with van der Waals surface area (Å²) in [4.78, 5) is 11.1. The Morgan fingerprint density at radius 1 is 1.12 bits per heavy atom. The molecule has 0 amide bonds. The maximum absolute atomic E-state index is 5.54. The average Bonchev–Trinajstić information content (AvgIpc) is 2.66. The lowest BCUT2D eigenvalue weighted by Crippen LogP contribution is -2.09. The maximum Gasteiger partial charge on any atom is 0.152 e. The van der Waals surface area contributed by atoms with E-state index in [2.05, 4.69) is 15.4 Å². The van der Waals surface area contributed by atoms with Crippen LogP contribution in [0.1, 0.15) is 36.1 Å². The molecule has 5 heteroatoms. The Morgan fingerprint density at radius 3 is 2.76 bits per heavy atom. The number of nitrogens with one attached hydrogen (secondary N) is 1. The van der Waals surface area contributed by atoms with Crippen molar-refractivity contribution in [2.24, 2.45) is 5.84 Å². The largest absolute Gasteiger partial charge is 0.308 e. The molecule has 1 aliphatic carbocycles. The van der Waals surface area contributed by atoms with Crippen molar-refractivity contribution < 1.29 is 0 Å². The van der Waals surface area contributed by atoms with Crippen molar-refractivity contribution in [3.05, 3.63) is 16.8 Å². The molecule has 1 aliphatic rings. The number of hydrogen-bond donors (Lipinski definition) is 2. The Balaban J connectivity index is 2.20. The van der Waals surface area contributed by atoms with E-state index >= 15 is 0 Å². The van der Waals surface area contributed by atoms with Gasteiger partial charge in [-0.2, -0.15) is 0 Å². The summed E-state index contributed by atoms with van der Waals surface area (Å²) >= 11 is 1.81. The van der Waals surface area contributed by atoms with Crippen molar-refractivity contribution in [3.63, 3.8) is 0 Å². The van der Waals surface area contributed by atoms with Crippen molar-refractivity contribution in [1.82, 2.24) is 9.97 Å². The molecule has 0 spiro atoms. The van der Waals surface area contributed by atoms with Crippen LogP contribution in [-0.2, 0) is 12.8 Å². The van der Waals surface area contributed by atoms with Gasteiger partial charge in [-0.05, 0) is 31.2 Å². The fraction of sp³-hybridized carbons (Fsp3) is 0.500. The number of anilines is 1. The first kappa shape index (κ1) is 10.9. The van der Waals surface area contributed by atoms with Gasteiger partial charge < -0.3 is 5.43 Å².